The molecule has 8 heteroatoms. The lowest BCUT2D eigenvalue weighted by molar-refractivity contribution is -0.191. The number of nitrogens with one attached hydrogen (secondary N) is 1. The smallest absolute Gasteiger partial charge is 0.316 e. The Morgan fingerprint density at radius 2 is 2.00 bits per heavy atom. The average Bonchev–Trinajstić information content (AvgIpc) is 2.36. The van der Waals surface area contributed by atoms with Crippen LogP contribution in [0.4, 0.5) is 18.0 Å². The number of carbonyl (C=O) groups excluding carboxylic acids is 2. The van der Waals surface area contributed by atoms with Crippen LogP contribution in [-0.2, 0) is 4.79 Å². The predicted molar refractivity (Wildman–Crippen MR) is 53.1 cm³/mol. The van der Waals surface area contributed by atoms with E-state index in [0.717, 1.165) is 0 Å². The summed E-state index contributed by atoms with van der Waals surface area (Å²) in [5, 5.41) is 2.18. The summed E-state index contributed by atoms with van der Waals surface area (Å²) in [6.45, 7) is 0.642. The monoisotopic (exact) mass is 302 g/mol. The Morgan fingerprint density at radius 3 is 2.38 bits per heavy atom. The lowest BCUT2D eigenvalue weighted by Crippen LogP contribution is -2.56. The molecule has 1 unspecified atom stereocenters. The van der Waals surface area contributed by atoms with Crippen molar-refractivity contribution in [2.45, 2.75) is 25.1 Å². The van der Waals surface area contributed by atoms with E-state index in [4.69, 9.17) is 0 Å². The van der Waals surface area contributed by atoms with Gasteiger partial charge >= 0.3 is 12.2 Å². The fourth-order valence-electron chi connectivity index (χ4n) is 1.31. The lowest BCUT2D eigenvalue weighted by atomic mass is 10.0. The second-order valence-electron chi connectivity index (χ2n) is 3.55. The van der Waals surface area contributed by atoms with Crippen molar-refractivity contribution in [3.8, 4) is 0 Å². The molecule has 3 amide bonds. The van der Waals surface area contributed by atoms with Crippen LogP contribution < -0.4 is 5.32 Å². The molecule has 1 heterocycles. The molecule has 0 aromatic carbocycles. The molecule has 16 heavy (non-hydrogen) atoms. The highest BCUT2D eigenvalue weighted by Gasteiger charge is 2.64. The van der Waals surface area contributed by atoms with Crippen molar-refractivity contribution < 1.29 is 22.8 Å². The summed E-state index contributed by atoms with van der Waals surface area (Å²) in [5.41, 5.74) is -2.80. The molecule has 1 fully saturated rings. The number of urea groups is 1. The molecule has 1 aliphatic rings. The number of halogens is 4. The van der Waals surface area contributed by atoms with Gasteiger partial charge in [-0.2, -0.15) is 13.2 Å². The molecule has 0 aromatic rings. The second-order valence-corrected chi connectivity index (χ2v) is 4.35. The van der Waals surface area contributed by atoms with E-state index in [1.54, 1.807) is 5.32 Å². The highest BCUT2D eigenvalue weighted by molar-refractivity contribution is 9.09. The first-order valence-corrected chi connectivity index (χ1v) is 5.63. The van der Waals surface area contributed by atoms with E-state index in [2.05, 4.69) is 15.9 Å². The SMILES string of the molecule is CC1(C(F)(F)F)NC(=O)N(CCCBr)C1=O. The zero-order valence-corrected chi connectivity index (χ0v) is 9.98. The van der Waals surface area contributed by atoms with Crippen LogP contribution in [0.15, 0.2) is 0 Å². The van der Waals surface area contributed by atoms with Gasteiger partial charge in [-0.15, -0.1) is 0 Å². The lowest BCUT2D eigenvalue weighted by Gasteiger charge is -2.24. The number of hydrogen-bond donors (Lipinski definition) is 1. The molecule has 0 radical (unpaired) electrons. The number of carbonyl (C=O) groups is 2. The minimum absolute atomic E-state index is 0.0262. The van der Waals surface area contributed by atoms with Crippen LogP contribution in [0.25, 0.3) is 0 Å². The first-order chi connectivity index (χ1) is 7.24. The molecule has 1 saturated heterocycles. The average molecular weight is 303 g/mol. The number of alkyl halides is 4. The minimum Gasteiger partial charge on any atom is -0.316 e. The van der Waals surface area contributed by atoms with Gasteiger partial charge in [0.2, 0.25) is 5.54 Å². The standard InChI is InChI=1S/C8H10BrF3N2O2/c1-7(8(10,11)12)5(15)14(4-2-3-9)6(16)13-7/h2-4H2,1H3,(H,13,16). The van der Waals surface area contributed by atoms with E-state index in [-0.39, 0.29) is 6.54 Å². The van der Waals surface area contributed by atoms with E-state index in [0.29, 0.717) is 23.6 Å². The molecular weight excluding hydrogens is 293 g/mol. The van der Waals surface area contributed by atoms with Crippen LogP contribution in [0.1, 0.15) is 13.3 Å². The van der Waals surface area contributed by atoms with Gasteiger partial charge in [0.25, 0.3) is 5.91 Å². The third kappa shape index (κ3) is 2.02. The zero-order valence-electron chi connectivity index (χ0n) is 8.40. The van der Waals surface area contributed by atoms with Gasteiger partial charge in [0.1, 0.15) is 0 Å². The fraction of sp³-hybridized carbons (Fsp3) is 0.750. The van der Waals surface area contributed by atoms with Gasteiger partial charge in [0.15, 0.2) is 0 Å². The quantitative estimate of drug-likeness (QED) is 0.636. The third-order valence-electron chi connectivity index (χ3n) is 2.36. The van der Waals surface area contributed by atoms with Gasteiger partial charge in [-0.25, -0.2) is 4.79 Å². The topological polar surface area (TPSA) is 49.4 Å². The van der Waals surface area contributed by atoms with Gasteiger partial charge in [-0.1, -0.05) is 15.9 Å². The van der Waals surface area contributed by atoms with E-state index in [9.17, 15) is 22.8 Å². The van der Waals surface area contributed by atoms with Crippen LogP contribution >= 0.6 is 15.9 Å². The van der Waals surface area contributed by atoms with Crippen LogP contribution in [0.2, 0.25) is 0 Å². The summed E-state index contributed by atoms with van der Waals surface area (Å²) >= 11 is 3.07. The van der Waals surface area contributed by atoms with Crippen LogP contribution in [0.5, 0.6) is 0 Å². The van der Waals surface area contributed by atoms with E-state index < -0.39 is 23.7 Å². The van der Waals surface area contributed by atoms with Crippen molar-refractivity contribution in [1.82, 2.24) is 10.2 Å². The molecule has 0 bridgehead atoms. The van der Waals surface area contributed by atoms with Crippen molar-refractivity contribution in [2.75, 3.05) is 11.9 Å². The van der Waals surface area contributed by atoms with Crippen molar-refractivity contribution in [3.05, 3.63) is 0 Å². The van der Waals surface area contributed by atoms with Crippen molar-refractivity contribution in [2.24, 2.45) is 0 Å². The van der Waals surface area contributed by atoms with Crippen LogP contribution in [0.3, 0.4) is 0 Å². The van der Waals surface area contributed by atoms with Crippen LogP contribution in [-0.4, -0.2) is 40.4 Å². The maximum Gasteiger partial charge on any atom is 0.420 e. The normalized spacial score (nSPS) is 26.2. The summed E-state index contributed by atoms with van der Waals surface area (Å²) in [6.07, 6.45) is -4.38. The molecule has 92 valence electrons. The molecule has 1 atom stereocenters. The Bertz CT molecular complexity index is 321. The Morgan fingerprint density at radius 1 is 1.44 bits per heavy atom. The number of hydrogen-bond acceptors (Lipinski definition) is 2. The molecule has 1 N–H and O–H groups in total. The first-order valence-electron chi connectivity index (χ1n) is 4.51. The largest absolute Gasteiger partial charge is 0.420 e. The molecule has 0 saturated carbocycles. The summed E-state index contributed by atoms with van der Waals surface area (Å²) in [6, 6.07) is -0.995. The summed E-state index contributed by atoms with van der Waals surface area (Å²) in [7, 11) is 0. The predicted octanol–water partition coefficient (Wildman–Crippen LogP) is 1.64. The zero-order chi connectivity index (χ0) is 12.6. The van der Waals surface area contributed by atoms with E-state index in [1.165, 1.54) is 0 Å². The van der Waals surface area contributed by atoms with Crippen molar-refractivity contribution >= 4 is 27.9 Å². The molecule has 1 aliphatic heterocycles. The van der Waals surface area contributed by atoms with Crippen molar-refractivity contribution in [3.63, 3.8) is 0 Å². The Labute approximate surface area is 98.3 Å². The number of nitrogens with zero attached hydrogens (tertiary/aromatic N) is 1. The Hall–Kier alpha value is -0.790. The van der Waals surface area contributed by atoms with Gasteiger partial charge in [-0.05, 0) is 13.3 Å². The van der Waals surface area contributed by atoms with Gasteiger partial charge < -0.3 is 5.32 Å². The third-order valence-corrected chi connectivity index (χ3v) is 2.92. The summed E-state index contributed by atoms with van der Waals surface area (Å²) in [5.74, 6) is -1.24. The van der Waals surface area contributed by atoms with Gasteiger partial charge in [0.05, 0.1) is 0 Å². The highest BCUT2D eigenvalue weighted by Crippen LogP contribution is 2.35. The van der Waals surface area contributed by atoms with Gasteiger partial charge in [-0.3, -0.25) is 9.69 Å². The minimum atomic E-state index is -4.79. The molecule has 0 aromatic heterocycles. The molecule has 1 rings (SSSR count). The van der Waals surface area contributed by atoms with E-state index >= 15 is 0 Å². The maximum absolute atomic E-state index is 12.6. The molecule has 4 nitrogen and oxygen atoms in total. The van der Waals surface area contributed by atoms with Gasteiger partial charge in [0, 0.05) is 11.9 Å². The number of amides is 3. The number of imide groups is 1. The summed E-state index contributed by atoms with van der Waals surface area (Å²) in [4.78, 5) is 23.3. The molecule has 0 spiro atoms. The Balaban J connectivity index is 2.90. The maximum atomic E-state index is 12.6. The van der Waals surface area contributed by atoms with Crippen LogP contribution in [0, 0.1) is 0 Å². The second kappa shape index (κ2) is 4.23. The van der Waals surface area contributed by atoms with E-state index in [1.807, 2.05) is 0 Å². The highest BCUT2D eigenvalue weighted by atomic mass is 79.9. The number of rotatable bonds is 3. The van der Waals surface area contributed by atoms with Crippen molar-refractivity contribution in [1.29, 1.82) is 0 Å². The Kier molecular flexibility index (Phi) is 3.51. The fourth-order valence-corrected chi connectivity index (χ4v) is 1.56. The molecule has 0 aliphatic carbocycles. The first kappa shape index (κ1) is 13.3. The molecular formula is C8H10BrF3N2O2. The summed E-state index contributed by atoms with van der Waals surface area (Å²) < 4.78 is 37.8.